The molecular weight excluding hydrogens is 214 g/mol. The van der Waals surface area contributed by atoms with Gasteiger partial charge in [-0.15, -0.1) is 21.8 Å². The summed E-state index contributed by atoms with van der Waals surface area (Å²) in [5, 5.41) is 8.22. The van der Waals surface area contributed by atoms with Gasteiger partial charge in [0.25, 0.3) is 0 Å². The molecule has 1 heterocycles. The standard InChI is InChI=1S/C10H18ClN3O/c1-3-6-14-9(5-4-7-15-2)12-13-10(14)8-11/h3-8H2,1-2H3. The number of halogens is 1. The van der Waals surface area contributed by atoms with E-state index in [1.54, 1.807) is 7.11 Å². The summed E-state index contributed by atoms with van der Waals surface area (Å²) in [7, 11) is 1.71. The first-order valence-electron chi connectivity index (χ1n) is 5.29. The van der Waals surface area contributed by atoms with Gasteiger partial charge in [0.05, 0.1) is 5.88 Å². The number of hydrogen-bond acceptors (Lipinski definition) is 3. The lowest BCUT2D eigenvalue weighted by molar-refractivity contribution is 0.194. The van der Waals surface area contributed by atoms with Gasteiger partial charge >= 0.3 is 0 Å². The molecule has 1 aromatic rings. The van der Waals surface area contributed by atoms with Crippen LogP contribution in [0.25, 0.3) is 0 Å². The third-order valence-corrected chi connectivity index (χ3v) is 2.46. The normalized spacial score (nSPS) is 10.9. The number of nitrogens with zero attached hydrogens (tertiary/aromatic N) is 3. The molecule has 0 aliphatic heterocycles. The van der Waals surface area contributed by atoms with Crippen molar-refractivity contribution in [3.63, 3.8) is 0 Å². The SMILES string of the molecule is CCCn1c(CCl)nnc1CCCOC. The summed E-state index contributed by atoms with van der Waals surface area (Å²) in [5.74, 6) is 2.31. The van der Waals surface area contributed by atoms with E-state index in [1.165, 1.54) is 0 Å². The summed E-state index contributed by atoms with van der Waals surface area (Å²) in [5.41, 5.74) is 0. The van der Waals surface area contributed by atoms with Crippen LogP contribution in [0.4, 0.5) is 0 Å². The fraction of sp³-hybridized carbons (Fsp3) is 0.800. The van der Waals surface area contributed by atoms with Crippen LogP contribution in [0, 0.1) is 0 Å². The maximum Gasteiger partial charge on any atom is 0.147 e. The molecule has 0 bridgehead atoms. The topological polar surface area (TPSA) is 39.9 Å². The van der Waals surface area contributed by atoms with E-state index in [9.17, 15) is 0 Å². The molecule has 4 nitrogen and oxygen atoms in total. The summed E-state index contributed by atoms with van der Waals surface area (Å²) in [6.45, 7) is 3.84. The molecule has 15 heavy (non-hydrogen) atoms. The zero-order valence-corrected chi connectivity index (χ0v) is 10.1. The quantitative estimate of drug-likeness (QED) is 0.532. The smallest absolute Gasteiger partial charge is 0.147 e. The first-order chi connectivity index (χ1) is 7.33. The van der Waals surface area contributed by atoms with Crippen LogP contribution in [0.3, 0.4) is 0 Å². The molecule has 1 rings (SSSR count). The van der Waals surface area contributed by atoms with Gasteiger partial charge < -0.3 is 9.30 Å². The fourth-order valence-electron chi connectivity index (χ4n) is 1.51. The molecule has 0 unspecified atom stereocenters. The van der Waals surface area contributed by atoms with Gasteiger partial charge in [-0.2, -0.15) is 0 Å². The molecule has 0 fully saturated rings. The molecule has 0 radical (unpaired) electrons. The van der Waals surface area contributed by atoms with Gasteiger partial charge in [0, 0.05) is 26.7 Å². The second kappa shape index (κ2) is 6.80. The average molecular weight is 232 g/mol. The van der Waals surface area contributed by atoms with E-state index in [-0.39, 0.29) is 0 Å². The van der Waals surface area contributed by atoms with Crippen molar-refractivity contribution in [3.8, 4) is 0 Å². The van der Waals surface area contributed by atoms with Crippen molar-refractivity contribution in [2.75, 3.05) is 13.7 Å². The van der Waals surface area contributed by atoms with Crippen molar-refractivity contribution < 1.29 is 4.74 Å². The Morgan fingerprint density at radius 2 is 2.07 bits per heavy atom. The second-order valence-corrected chi connectivity index (χ2v) is 3.68. The highest BCUT2D eigenvalue weighted by atomic mass is 35.5. The number of rotatable bonds is 7. The molecule has 0 saturated carbocycles. The van der Waals surface area contributed by atoms with Crippen LogP contribution in [0.2, 0.25) is 0 Å². The Kier molecular flexibility index (Phi) is 5.65. The Bertz CT molecular complexity index is 288. The van der Waals surface area contributed by atoms with E-state index >= 15 is 0 Å². The Morgan fingerprint density at radius 3 is 2.67 bits per heavy atom. The minimum absolute atomic E-state index is 0.428. The minimum atomic E-state index is 0.428. The number of methoxy groups -OCH3 is 1. The largest absolute Gasteiger partial charge is 0.385 e. The monoisotopic (exact) mass is 231 g/mol. The molecule has 0 N–H and O–H groups in total. The zero-order chi connectivity index (χ0) is 11.1. The van der Waals surface area contributed by atoms with E-state index in [1.807, 2.05) is 0 Å². The first-order valence-corrected chi connectivity index (χ1v) is 5.82. The summed E-state index contributed by atoms with van der Waals surface area (Å²) in [6, 6.07) is 0. The molecule has 86 valence electrons. The predicted octanol–water partition coefficient (Wildman–Crippen LogP) is 2.01. The number of alkyl halides is 1. The highest BCUT2D eigenvalue weighted by Gasteiger charge is 2.09. The van der Waals surface area contributed by atoms with Crippen LogP contribution in [-0.4, -0.2) is 28.5 Å². The van der Waals surface area contributed by atoms with Gasteiger partial charge in [0.1, 0.15) is 11.6 Å². The van der Waals surface area contributed by atoms with Crippen LogP contribution < -0.4 is 0 Å². The van der Waals surface area contributed by atoms with Crippen molar-refractivity contribution in [2.24, 2.45) is 0 Å². The van der Waals surface area contributed by atoms with Gasteiger partial charge in [-0.25, -0.2) is 0 Å². The minimum Gasteiger partial charge on any atom is -0.385 e. The van der Waals surface area contributed by atoms with E-state index in [4.69, 9.17) is 16.3 Å². The molecule has 0 spiro atoms. The number of aryl methyl sites for hydroxylation is 1. The maximum absolute atomic E-state index is 5.79. The van der Waals surface area contributed by atoms with Crippen LogP contribution >= 0.6 is 11.6 Å². The fourth-order valence-corrected chi connectivity index (χ4v) is 1.71. The predicted molar refractivity (Wildman–Crippen MR) is 60.1 cm³/mol. The second-order valence-electron chi connectivity index (χ2n) is 3.41. The third kappa shape index (κ3) is 3.47. The highest BCUT2D eigenvalue weighted by molar-refractivity contribution is 6.16. The van der Waals surface area contributed by atoms with Gasteiger partial charge in [-0.3, -0.25) is 0 Å². The summed E-state index contributed by atoms with van der Waals surface area (Å²) < 4.78 is 7.13. The van der Waals surface area contributed by atoms with E-state index in [0.717, 1.165) is 44.1 Å². The molecule has 0 aliphatic rings. The van der Waals surface area contributed by atoms with Crippen molar-refractivity contribution >= 4 is 11.6 Å². The van der Waals surface area contributed by atoms with Crippen LogP contribution in [0.1, 0.15) is 31.4 Å². The number of aromatic nitrogens is 3. The van der Waals surface area contributed by atoms with Gasteiger partial charge in [0.2, 0.25) is 0 Å². The Morgan fingerprint density at radius 1 is 1.33 bits per heavy atom. The van der Waals surface area contributed by atoms with Gasteiger partial charge in [-0.05, 0) is 12.8 Å². The summed E-state index contributed by atoms with van der Waals surface area (Å²) in [4.78, 5) is 0. The lowest BCUT2D eigenvalue weighted by atomic mass is 10.3. The third-order valence-electron chi connectivity index (χ3n) is 2.22. The van der Waals surface area contributed by atoms with Gasteiger partial charge in [0.15, 0.2) is 0 Å². The van der Waals surface area contributed by atoms with Crippen molar-refractivity contribution in [1.29, 1.82) is 0 Å². The van der Waals surface area contributed by atoms with Gasteiger partial charge in [-0.1, -0.05) is 6.92 Å². The molecule has 0 aromatic carbocycles. The molecule has 0 saturated heterocycles. The van der Waals surface area contributed by atoms with Crippen LogP contribution in [-0.2, 0) is 23.6 Å². The lowest BCUT2D eigenvalue weighted by Crippen LogP contribution is -2.07. The van der Waals surface area contributed by atoms with Crippen molar-refractivity contribution in [2.45, 2.75) is 38.6 Å². The van der Waals surface area contributed by atoms with E-state index in [0.29, 0.717) is 5.88 Å². The maximum atomic E-state index is 5.79. The van der Waals surface area contributed by atoms with Crippen LogP contribution in [0.15, 0.2) is 0 Å². The summed E-state index contributed by atoms with van der Waals surface area (Å²) >= 11 is 5.79. The zero-order valence-electron chi connectivity index (χ0n) is 9.37. The molecule has 5 heteroatoms. The van der Waals surface area contributed by atoms with Crippen molar-refractivity contribution in [1.82, 2.24) is 14.8 Å². The Labute approximate surface area is 95.6 Å². The Hall–Kier alpha value is -0.610. The molecular formula is C10H18ClN3O. The molecule has 1 aromatic heterocycles. The first kappa shape index (κ1) is 12.5. The van der Waals surface area contributed by atoms with Crippen molar-refractivity contribution in [3.05, 3.63) is 11.6 Å². The average Bonchev–Trinajstić information content (AvgIpc) is 2.62. The van der Waals surface area contributed by atoms with Crippen LogP contribution in [0.5, 0.6) is 0 Å². The number of ether oxygens (including phenoxy) is 1. The van der Waals surface area contributed by atoms with E-state index < -0.39 is 0 Å². The molecule has 0 amide bonds. The molecule has 0 aliphatic carbocycles. The summed E-state index contributed by atoms with van der Waals surface area (Å²) in [6.07, 6.45) is 2.94. The highest BCUT2D eigenvalue weighted by Crippen LogP contribution is 2.08. The van der Waals surface area contributed by atoms with E-state index in [2.05, 4.69) is 21.7 Å². The number of hydrogen-bond donors (Lipinski definition) is 0. The lowest BCUT2D eigenvalue weighted by Gasteiger charge is -2.07. The molecule has 0 atom stereocenters. The Balaban J connectivity index is 2.64.